The Bertz CT molecular complexity index is 773. The van der Waals surface area contributed by atoms with Crippen molar-refractivity contribution < 1.29 is 0 Å². The van der Waals surface area contributed by atoms with E-state index in [1.165, 1.54) is 16.7 Å². The van der Waals surface area contributed by atoms with Crippen molar-refractivity contribution in [2.75, 3.05) is 5.73 Å². The molecule has 0 aliphatic heterocycles. The average Bonchev–Trinajstić information content (AvgIpc) is 2.65. The standard InChI is InChI=1S/C25H29N/c1-5-12-21-22(13-6-2)24(26)17-16-23(21)25(18-7-3,19-8-4)20-14-10-9-11-15-20/h5-11,14-17H,1-4,12-13,18-19,26H2. The molecule has 2 N–H and O–H groups in total. The fourth-order valence-electron chi connectivity index (χ4n) is 3.87. The lowest BCUT2D eigenvalue weighted by molar-refractivity contribution is 0.524. The van der Waals surface area contributed by atoms with Gasteiger partial charge in [-0.2, -0.15) is 0 Å². The molecular formula is C25H29N. The van der Waals surface area contributed by atoms with E-state index in [-0.39, 0.29) is 5.41 Å². The van der Waals surface area contributed by atoms with E-state index >= 15 is 0 Å². The molecular weight excluding hydrogens is 314 g/mol. The molecule has 0 unspecified atom stereocenters. The molecule has 0 spiro atoms. The second kappa shape index (κ2) is 9.05. The summed E-state index contributed by atoms with van der Waals surface area (Å²) in [6.07, 6.45) is 11.0. The zero-order valence-corrected chi connectivity index (χ0v) is 15.6. The minimum absolute atomic E-state index is 0.216. The van der Waals surface area contributed by atoms with Gasteiger partial charge in [0.2, 0.25) is 0 Å². The minimum Gasteiger partial charge on any atom is -0.398 e. The molecule has 26 heavy (non-hydrogen) atoms. The van der Waals surface area contributed by atoms with Crippen LogP contribution in [0.1, 0.15) is 35.1 Å². The molecule has 0 aliphatic carbocycles. The van der Waals surface area contributed by atoms with Gasteiger partial charge in [-0.25, -0.2) is 0 Å². The second-order valence-corrected chi connectivity index (χ2v) is 6.58. The van der Waals surface area contributed by atoms with E-state index in [4.69, 9.17) is 5.73 Å². The van der Waals surface area contributed by atoms with Crippen LogP contribution in [0, 0.1) is 0 Å². The smallest absolute Gasteiger partial charge is 0.0352 e. The average molecular weight is 344 g/mol. The van der Waals surface area contributed by atoms with E-state index in [0.717, 1.165) is 36.9 Å². The lowest BCUT2D eigenvalue weighted by atomic mass is 9.67. The van der Waals surface area contributed by atoms with Gasteiger partial charge in [0.25, 0.3) is 0 Å². The van der Waals surface area contributed by atoms with Gasteiger partial charge < -0.3 is 5.73 Å². The quantitative estimate of drug-likeness (QED) is 0.405. The highest BCUT2D eigenvalue weighted by molar-refractivity contribution is 5.59. The zero-order chi connectivity index (χ0) is 19.0. The van der Waals surface area contributed by atoms with Crippen molar-refractivity contribution in [2.45, 2.75) is 31.1 Å². The molecule has 0 amide bonds. The van der Waals surface area contributed by atoms with Gasteiger partial charge in [-0.15, -0.1) is 26.3 Å². The van der Waals surface area contributed by atoms with Crippen molar-refractivity contribution in [1.29, 1.82) is 0 Å². The van der Waals surface area contributed by atoms with Crippen LogP contribution in [0.25, 0.3) is 0 Å². The summed E-state index contributed by atoms with van der Waals surface area (Å²) in [5, 5.41) is 0. The lowest BCUT2D eigenvalue weighted by Gasteiger charge is -2.36. The van der Waals surface area contributed by atoms with Crippen LogP contribution in [-0.4, -0.2) is 0 Å². The maximum Gasteiger partial charge on any atom is 0.0352 e. The Labute approximate surface area is 158 Å². The molecule has 134 valence electrons. The Morgan fingerprint density at radius 1 is 0.731 bits per heavy atom. The Balaban J connectivity index is 2.85. The molecule has 0 bridgehead atoms. The van der Waals surface area contributed by atoms with E-state index < -0.39 is 0 Å². The second-order valence-electron chi connectivity index (χ2n) is 6.58. The van der Waals surface area contributed by atoms with Gasteiger partial charge in [-0.3, -0.25) is 0 Å². The Hall–Kier alpha value is -2.80. The topological polar surface area (TPSA) is 26.0 Å². The van der Waals surface area contributed by atoms with Crippen molar-refractivity contribution in [3.05, 3.63) is 115 Å². The summed E-state index contributed by atoms with van der Waals surface area (Å²) < 4.78 is 0. The predicted octanol–water partition coefficient (Wildman–Crippen LogP) is 6.16. The van der Waals surface area contributed by atoms with Crippen LogP contribution < -0.4 is 5.73 Å². The van der Waals surface area contributed by atoms with Gasteiger partial charge in [0.05, 0.1) is 0 Å². The summed E-state index contributed by atoms with van der Waals surface area (Å²) in [6.45, 7) is 15.9. The molecule has 0 radical (unpaired) electrons. The summed E-state index contributed by atoms with van der Waals surface area (Å²) in [7, 11) is 0. The molecule has 0 aliphatic rings. The molecule has 2 aromatic carbocycles. The molecule has 2 aromatic rings. The SMILES string of the molecule is C=CCc1c(N)ccc(C(CC=C)(CC=C)c2ccccc2)c1CC=C. The molecule has 2 rings (SSSR count). The molecule has 0 saturated carbocycles. The number of anilines is 1. The van der Waals surface area contributed by atoms with Gasteiger partial charge in [0.1, 0.15) is 0 Å². The Morgan fingerprint density at radius 3 is 1.85 bits per heavy atom. The number of benzene rings is 2. The fourth-order valence-corrected chi connectivity index (χ4v) is 3.87. The van der Waals surface area contributed by atoms with Gasteiger partial charge in [0, 0.05) is 11.1 Å². The predicted molar refractivity (Wildman–Crippen MR) is 116 cm³/mol. The van der Waals surface area contributed by atoms with Crippen LogP contribution in [0.2, 0.25) is 0 Å². The Kier molecular flexibility index (Phi) is 6.80. The van der Waals surface area contributed by atoms with Crippen LogP contribution in [0.5, 0.6) is 0 Å². The summed E-state index contributed by atoms with van der Waals surface area (Å²) >= 11 is 0. The van der Waals surface area contributed by atoms with Crippen molar-refractivity contribution in [2.24, 2.45) is 0 Å². The van der Waals surface area contributed by atoms with Gasteiger partial charge in [-0.1, -0.05) is 60.7 Å². The molecule has 1 heteroatoms. The normalized spacial score (nSPS) is 10.9. The summed E-state index contributed by atoms with van der Waals surface area (Å²) in [6, 6.07) is 14.8. The maximum atomic E-state index is 6.31. The lowest BCUT2D eigenvalue weighted by Crippen LogP contribution is -2.29. The third-order valence-electron chi connectivity index (χ3n) is 4.99. The largest absolute Gasteiger partial charge is 0.398 e. The first kappa shape index (κ1) is 19.5. The summed E-state index contributed by atoms with van der Waals surface area (Å²) in [4.78, 5) is 0. The van der Waals surface area contributed by atoms with Crippen LogP contribution in [0.15, 0.2) is 93.1 Å². The first-order chi connectivity index (χ1) is 12.6. The van der Waals surface area contributed by atoms with Gasteiger partial charge in [0.15, 0.2) is 0 Å². The third kappa shape index (κ3) is 3.72. The summed E-state index contributed by atoms with van der Waals surface area (Å²) in [5.41, 5.74) is 11.8. The van der Waals surface area contributed by atoms with Crippen molar-refractivity contribution in [3.8, 4) is 0 Å². The molecule has 0 fully saturated rings. The number of nitrogens with two attached hydrogens (primary N) is 1. The van der Waals surface area contributed by atoms with Crippen LogP contribution in [0.4, 0.5) is 5.69 Å². The van der Waals surface area contributed by atoms with Crippen molar-refractivity contribution >= 4 is 5.69 Å². The number of hydrogen-bond donors (Lipinski definition) is 1. The minimum atomic E-state index is -0.216. The Morgan fingerprint density at radius 2 is 1.31 bits per heavy atom. The van der Waals surface area contributed by atoms with Gasteiger partial charge in [-0.05, 0) is 54.0 Å². The highest BCUT2D eigenvalue weighted by Gasteiger charge is 2.34. The van der Waals surface area contributed by atoms with E-state index in [2.05, 4.69) is 56.6 Å². The van der Waals surface area contributed by atoms with E-state index in [0.29, 0.717) is 0 Å². The maximum absolute atomic E-state index is 6.31. The number of rotatable bonds is 10. The zero-order valence-electron chi connectivity index (χ0n) is 15.6. The number of nitrogen functional groups attached to an aromatic ring is 1. The van der Waals surface area contributed by atoms with E-state index in [9.17, 15) is 0 Å². The number of hydrogen-bond acceptors (Lipinski definition) is 1. The van der Waals surface area contributed by atoms with E-state index in [1.807, 2.05) is 36.4 Å². The molecule has 0 aromatic heterocycles. The van der Waals surface area contributed by atoms with Crippen LogP contribution >= 0.6 is 0 Å². The highest BCUT2D eigenvalue weighted by Crippen LogP contribution is 2.43. The molecule has 0 atom stereocenters. The first-order valence-electron chi connectivity index (χ1n) is 9.04. The summed E-state index contributed by atoms with van der Waals surface area (Å²) in [5.74, 6) is 0. The monoisotopic (exact) mass is 343 g/mol. The first-order valence-corrected chi connectivity index (χ1v) is 9.04. The number of allylic oxidation sites excluding steroid dienone is 4. The van der Waals surface area contributed by atoms with E-state index in [1.54, 1.807) is 0 Å². The molecule has 1 nitrogen and oxygen atoms in total. The fraction of sp³-hybridized carbons (Fsp3) is 0.200. The third-order valence-corrected chi connectivity index (χ3v) is 4.99. The molecule has 0 heterocycles. The molecule has 0 saturated heterocycles. The van der Waals surface area contributed by atoms with Crippen molar-refractivity contribution in [1.82, 2.24) is 0 Å². The highest BCUT2D eigenvalue weighted by atomic mass is 14.6. The van der Waals surface area contributed by atoms with Crippen LogP contribution in [-0.2, 0) is 18.3 Å². The van der Waals surface area contributed by atoms with Crippen molar-refractivity contribution in [3.63, 3.8) is 0 Å². The van der Waals surface area contributed by atoms with Gasteiger partial charge >= 0.3 is 0 Å². The van der Waals surface area contributed by atoms with Crippen LogP contribution in [0.3, 0.4) is 0 Å².